The van der Waals surface area contributed by atoms with Crippen molar-refractivity contribution in [2.75, 3.05) is 31.1 Å². The molecule has 1 aromatic heterocycles. The maximum absolute atomic E-state index is 13.0. The standard InChI is InChI=1S/C22H28N4O4S/c1-16-14-25(15-17(2)29-16)22-20(13-23)24-21(30-22)18-7-9-19(10-8-18)31(27,28)26-11-5-3-4-6-12-26/h7-10,16-17H,3-6,11-12,14-15H2,1-2H3/t16-,17-/m1/s1. The van der Waals surface area contributed by atoms with E-state index in [0.29, 0.717) is 43.5 Å². The van der Waals surface area contributed by atoms with E-state index in [-0.39, 0.29) is 22.8 Å². The quantitative estimate of drug-likeness (QED) is 0.712. The second kappa shape index (κ2) is 8.99. The summed E-state index contributed by atoms with van der Waals surface area (Å²) >= 11 is 0. The molecule has 0 amide bonds. The minimum atomic E-state index is -3.51. The van der Waals surface area contributed by atoms with Crippen molar-refractivity contribution in [1.82, 2.24) is 9.29 Å². The highest BCUT2D eigenvalue weighted by molar-refractivity contribution is 7.89. The molecule has 166 valence electrons. The predicted molar refractivity (Wildman–Crippen MR) is 116 cm³/mol. The van der Waals surface area contributed by atoms with Crippen molar-refractivity contribution in [3.63, 3.8) is 0 Å². The monoisotopic (exact) mass is 444 g/mol. The van der Waals surface area contributed by atoms with Crippen LogP contribution < -0.4 is 4.90 Å². The van der Waals surface area contributed by atoms with Gasteiger partial charge in [-0.2, -0.15) is 14.6 Å². The molecule has 0 saturated carbocycles. The van der Waals surface area contributed by atoms with Crippen LogP contribution >= 0.6 is 0 Å². The van der Waals surface area contributed by atoms with Crippen molar-refractivity contribution in [3.8, 4) is 17.5 Å². The van der Waals surface area contributed by atoms with E-state index < -0.39 is 10.0 Å². The third-order valence-corrected chi connectivity index (χ3v) is 7.64. The van der Waals surface area contributed by atoms with Gasteiger partial charge in [0.2, 0.25) is 27.5 Å². The molecule has 8 nitrogen and oxygen atoms in total. The molecule has 2 saturated heterocycles. The number of oxazole rings is 1. The van der Waals surface area contributed by atoms with Crippen LogP contribution in [0.1, 0.15) is 45.2 Å². The van der Waals surface area contributed by atoms with Crippen LogP contribution in [0.3, 0.4) is 0 Å². The van der Waals surface area contributed by atoms with Gasteiger partial charge in [-0.15, -0.1) is 0 Å². The number of anilines is 1. The molecular weight excluding hydrogens is 416 g/mol. The SMILES string of the molecule is C[C@@H]1CN(c2oc(-c3ccc(S(=O)(=O)N4CCCCCC4)cc3)nc2C#N)C[C@@H](C)O1. The number of aromatic nitrogens is 1. The number of rotatable bonds is 4. The van der Waals surface area contributed by atoms with Crippen molar-refractivity contribution in [2.45, 2.75) is 56.6 Å². The molecular formula is C22H28N4O4S. The Morgan fingerprint density at radius 1 is 1.03 bits per heavy atom. The fourth-order valence-corrected chi connectivity index (χ4v) is 5.78. The van der Waals surface area contributed by atoms with E-state index in [9.17, 15) is 13.7 Å². The van der Waals surface area contributed by atoms with Crippen molar-refractivity contribution in [1.29, 1.82) is 5.26 Å². The van der Waals surface area contributed by atoms with Gasteiger partial charge >= 0.3 is 0 Å². The molecule has 31 heavy (non-hydrogen) atoms. The lowest BCUT2D eigenvalue weighted by Gasteiger charge is -2.34. The molecule has 0 radical (unpaired) electrons. The van der Waals surface area contributed by atoms with Gasteiger partial charge in [0, 0.05) is 31.7 Å². The lowest BCUT2D eigenvalue weighted by Crippen LogP contribution is -2.45. The predicted octanol–water partition coefficient (Wildman–Crippen LogP) is 3.39. The molecule has 0 unspecified atom stereocenters. The first-order chi connectivity index (χ1) is 14.9. The average molecular weight is 445 g/mol. The normalized spacial score (nSPS) is 23.3. The molecule has 2 aliphatic rings. The van der Waals surface area contributed by atoms with Gasteiger partial charge in [0.05, 0.1) is 17.1 Å². The fourth-order valence-electron chi connectivity index (χ4n) is 4.27. The summed E-state index contributed by atoms with van der Waals surface area (Å²) in [6.45, 7) is 6.32. The second-order valence-corrected chi connectivity index (χ2v) is 10.2. The number of ether oxygens (including phenoxy) is 1. The van der Waals surface area contributed by atoms with Gasteiger partial charge in [0.15, 0.2) is 0 Å². The van der Waals surface area contributed by atoms with Crippen molar-refractivity contribution in [2.24, 2.45) is 0 Å². The Hall–Kier alpha value is -2.41. The lowest BCUT2D eigenvalue weighted by molar-refractivity contribution is -0.00638. The van der Waals surface area contributed by atoms with Gasteiger partial charge in [0.1, 0.15) is 6.07 Å². The smallest absolute Gasteiger partial charge is 0.243 e. The Morgan fingerprint density at radius 3 is 2.23 bits per heavy atom. The van der Waals surface area contributed by atoms with Crippen LogP contribution in [0.2, 0.25) is 0 Å². The first-order valence-corrected chi connectivity index (χ1v) is 12.2. The van der Waals surface area contributed by atoms with Crippen LogP contribution in [-0.2, 0) is 14.8 Å². The van der Waals surface area contributed by atoms with Gasteiger partial charge in [-0.05, 0) is 51.0 Å². The van der Waals surface area contributed by atoms with Crippen molar-refractivity contribution >= 4 is 15.9 Å². The van der Waals surface area contributed by atoms with Gasteiger partial charge in [-0.25, -0.2) is 8.42 Å². The molecule has 0 bridgehead atoms. The summed E-state index contributed by atoms with van der Waals surface area (Å²) in [5.41, 5.74) is 0.851. The summed E-state index contributed by atoms with van der Waals surface area (Å²) in [5.74, 6) is 0.734. The van der Waals surface area contributed by atoms with E-state index in [1.54, 1.807) is 28.6 Å². The number of sulfonamides is 1. The Kier molecular flexibility index (Phi) is 6.32. The molecule has 2 aromatic rings. The molecule has 0 spiro atoms. The fraction of sp³-hybridized carbons (Fsp3) is 0.545. The zero-order chi connectivity index (χ0) is 22.0. The molecule has 2 fully saturated rings. The Bertz CT molecular complexity index is 1040. The molecule has 1 aromatic carbocycles. The number of benzene rings is 1. The molecule has 4 rings (SSSR count). The molecule has 2 atom stereocenters. The van der Waals surface area contributed by atoms with Crippen LogP contribution in [-0.4, -0.2) is 56.1 Å². The third-order valence-electron chi connectivity index (χ3n) is 5.73. The highest BCUT2D eigenvalue weighted by Gasteiger charge is 2.29. The van der Waals surface area contributed by atoms with E-state index >= 15 is 0 Å². The summed E-state index contributed by atoms with van der Waals surface area (Å²) in [7, 11) is -3.51. The summed E-state index contributed by atoms with van der Waals surface area (Å²) in [6.07, 6.45) is 3.97. The molecule has 0 N–H and O–H groups in total. The third kappa shape index (κ3) is 4.61. The number of nitriles is 1. The largest absolute Gasteiger partial charge is 0.419 e. The van der Waals surface area contributed by atoms with Gasteiger partial charge < -0.3 is 14.1 Å². The molecule has 9 heteroatoms. The van der Waals surface area contributed by atoms with Gasteiger partial charge in [-0.1, -0.05) is 12.8 Å². The van der Waals surface area contributed by atoms with Crippen LogP contribution in [0, 0.1) is 11.3 Å². The highest BCUT2D eigenvalue weighted by atomic mass is 32.2. The molecule has 3 heterocycles. The van der Waals surface area contributed by atoms with E-state index in [4.69, 9.17) is 9.15 Å². The Labute approximate surface area is 183 Å². The maximum atomic E-state index is 13.0. The van der Waals surface area contributed by atoms with E-state index in [1.165, 1.54) is 0 Å². The number of morpholine rings is 1. The van der Waals surface area contributed by atoms with Gasteiger partial charge in [0.25, 0.3) is 0 Å². The van der Waals surface area contributed by atoms with Crippen LogP contribution in [0.25, 0.3) is 11.5 Å². The zero-order valence-corrected chi connectivity index (χ0v) is 18.8. The van der Waals surface area contributed by atoms with Crippen molar-refractivity contribution in [3.05, 3.63) is 30.0 Å². The van der Waals surface area contributed by atoms with E-state index in [1.807, 2.05) is 18.7 Å². The number of hydrogen-bond acceptors (Lipinski definition) is 7. The van der Waals surface area contributed by atoms with E-state index in [0.717, 1.165) is 25.7 Å². The minimum absolute atomic E-state index is 0.0207. The minimum Gasteiger partial charge on any atom is -0.419 e. The van der Waals surface area contributed by atoms with Gasteiger partial charge in [-0.3, -0.25) is 0 Å². The molecule has 0 aliphatic carbocycles. The first kappa shape index (κ1) is 21.8. The summed E-state index contributed by atoms with van der Waals surface area (Å²) < 4.78 is 39.3. The van der Waals surface area contributed by atoms with Crippen LogP contribution in [0.4, 0.5) is 5.88 Å². The number of hydrogen-bond donors (Lipinski definition) is 0. The summed E-state index contributed by atoms with van der Waals surface area (Å²) in [5, 5.41) is 9.54. The van der Waals surface area contributed by atoms with Crippen LogP contribution in [0.5, 0.6) is 0 Å². The Morgan fingerprint density at radius 2 is 1.65 bits per heavy atom. The number of nitrogens with zero attached hydrogens (tertiary/aromatic N) is 4. The average Bonchev–Trinajstić information content (AvgIpc) is 2.98. The van der Waals surface area contributed by atoms with Crippen LogP contribution in [0.15, 0.2) is 33.6 Å². The zero-order valence-electron chi connectivity index (χ0n) is 18.0. The summed E-state index contributed by atoms with van der Waals surface area (Å²) in [6, 6.07) is 8.66. The maximum Gasteiger partial charge on any atom is 0.243 e. The summed E-state index contributed by atoms with van der Waals surface area (Å²) in [4.78, 5) is 6.59. The van der Waals surface area contributed by atoms with Crippen molar-refractivity contribution < 1.29 is 17.6 Å². The molecule has 2 aliphatic heterocycles. The topological polar surface area (TPSA) is 99.7 Å². The Balaban J connectivity index is 1.58. The van der Waals surface area contributed by atoms with E-state index in [2.05, 4.69) is 11.1 Å². The lowest BCUT2D eigenvalue weighted by atomic mass is 10.2. The second-order valence-electron chi connectivity index (χ2n) is 8.29. The first-order valence-electron chi connectivity index (χ1n) is 10.8. The highest BCUT2D eigenvalue weighted by Crippen LogP contribution is 2.31.